The van der Waals surface area contributed by atoms with Gasteiger partial charge in [-0.05, 0) is 18.9 Å². The van der Waals surface area contributed by atoms with Gasteiger partial charge in [-0.1, -0.05) is 49.6 Å². The van der Waals surface area contributed by atoms with E-state index in [-0.39, 0.29) is 18.9 Å². The zero-order chi connectivity index (χ0) is 13.4. The molecule has 2 N–H and O–H groups in total. The molecule has 0 amide bonds. The summed E-state index contributed by atoms with van der Waals surface area (Å²) in [6.07, 6.45) is 3.23. The lowest BCUT2D eigenvalue weighted by Gasteiger charge is -2.26. The molecular weight excluding hydrogens is 226 g/mol. The number of hydrogen-bond acceptors (Lipinski definition) is 3. The lowest BCUT2D eigenvalue weighted by atomic mass is 9.98. The lowest BCUT2D eigenvalue weighted by molar-refractivity contribution is -0.0611. The first-order chi connectivity index (χ1) is 8.72. The molecule has 0 heterocycles. The van der Waals surface area contributed by atoms with Crippen LogP contribution in [-0.2, 0) is 9.47 Å². The molecule has 0 aliphatic rings. The van der Waals surface area contributed by atoms with E-state index in [1.807, 2.05) is 0 Å². The molecule has 0 saturated carbocycles. The van der Waals surface area contributed by atoms with Crippen LogP contribution in [0, 0.1) is 6.92 Å². The van der Waals surface area contributed by atoms with Crippen molar-refractivity contribution in [3.05, 3.63) is 35.4 Å². The van der Waals surface area contributed by atoms with Crippen LogP contribution >= 0.6 is 0 Å². The lowest BCUT2D eigenvalue weighted by Crippen LogP contribution is -2.26. The highest BCUT2D eigenvalue weighted by Gasteiger charge is 2.23. The number of unbranched alkanes of at least 4 members (excludes halogenated alkanes) is 1. The van der Waals surface area contributed by atoms with Gasteiger partial charge >= 0.3 is 0 Å². The van der Waals surface area contributed by atoms with E-state index in [1.165, 1.54) is 5.56 Å². The van der Waals surface area contributed by atoms with Crippen molar-refractivity contribution in [2.24, 2.45) is 5.73 Å². The van der Waals surface area contributed by atoms with Gasteiger partial charge in [0.05, 0.1) is 12.8 Å². The summed E-state index contributed by atoms with van der Waals surface area (Å²) in [5.41, 5.74) is 7.92. The maximum atomic E-state index is 5.64. The van der Waals surface area contributed by atoms with Crippen molar-refractivity contribution in [2.75, 3.05) is 13.8 Å². The van der Waals surface area contributed by atoms with Crippen LogP contribution < -0.4 is 5.73 Å². The van der Waals surface area contributed by atoms with Crippen molar-refractivity contribution in [1.29, 1.82) is 0 Å². The quantitative estimate of drug-likeness (QED) is 0.722. The first kappa shape index (κ1) is 15.2. The van der Waals surface area contributed by atoms with Crippen LogP contribution in [-0.4, -0.2) is 19.9 Å². The molecule has 0 aliphatic carbocycles. The molecule has 0 aromatic heterocycles. The smallest absolute Gasteiger partial charge is 0.108 e. The molecule has 102 valence electrons. The van der Waals surface area contributed by atoms with Gasteiger partial charge in [0.25, 0.3) is 0 Å². The topological polar surface area (TPSA) is 44.5 Å². The van der Waals surface area contributed by atoms with Crippen molar-refractivity contribution in [3.8, 4) is 0 Å². The fourth-order valence-electron chi connectivity index (χ4n) is 2.20. The molecule has 0 aliphatic heterocycles. The average molecular weight is 251 g/mol. The van der Waals surface area contributed by atoms with E-state index in [0.29, 0.717) is 0 Å². The molecule has 1 aromatic rings. The van der Waals surface area contributed by atoms with Crippen LogP contribution in [0.2, 0.25) is 0 Å². The van der Waals surface area contributed by atoms with Gasteiger partial charge in [0.2, 0.25) is 0 Å². The van der Waals surface area contributed by atoms with Crippen molar-refractivity contribution in [1.82, 2.24) is 0 Å². The third-order valence-corrected chi connectivity index (χ3v) is 3.11. The molecule has 0 bridgehead atoms. The minimum absolute atomic E-state index is 0.0294. The first-order valence-corrected chi connectivity index (χ1v) is 6.64. The van der Waals surface area contributed by atoms with Crippen LogP contribution in [0.25, 0.3) is 0 Å². The van der Waals surface area contributed by atoms with Crippen LogP contribution in [0.3, 0.4) is 0 Å². The molecule has 18 heavy (non-hydrogen) atoms. The number of benzene rings is 1. The number of nitrogens with two attached hydrogens (primary N) is 1. The fraction of sp³-hybridized carbons (Fsp3) is 0.600. The van der Waals surface area contributed by atoms with Crippen molar-refractivity contribution >= 4 is 0 Å². The monoisotopic (exact) mass is 251 g/mol. The third kappa shape index (κ3) is 4.41. The minimum atomic E-state index is -0.0417. The summed E-state index contributed by atoms with van der Waals surface area (Å²) in [6, 6.07) is 8.37. The Bertz CT molecular complexity index is 341. The standard InChI is InChI=1S/C15H25NO2/c1-4-5-9-14(18-11-16)15(17-3)13-8-6-7-12(2)10-13/h6-8,10,14-15H,4-5,9,11,16H2,1-3H3. The Morgan fingerprint density at radius 1 is 1.33 bits per heavy atom. The maximum absolute atomic E-state index is 5.64. The van der Waals surface area contributed by atoms with Gasteiger partial charge in [-0.2, -0.15) is 0 Å². The second-order valence-electron chi connectivity index (χ2n) is 4.58. The molecule has 2 atom stereocenters. The zero-order valence-corrected chi connectivity index (χ0v) is 11.7. The average Bonchev–Trinajstić information content (AvgIpc) is 2.37. The summed E-state index contributed by atoms with van der Waals surface area (Å²) in [6.45, 7) is 4.50. The first-order valence-electron chi connectivity index (χ1n) is 6.64. The Balaban J connectivity index is 2.83. The van der Waals surface area contributed by atoms with Gasteiger partial charge in [0, 0.05) is 7.11 Å². The molecule has 0 spiro atoms. The molecule has 3 nitrogen and oxygen atoms in total. The normalized spacial score (nSPS) is 14.4. The summed E-state index contributed by atoms with van der Waals surface area (Å²) >= 11 is 0. The van der Waals surface area contributed by atoms with E-state index in [4.69, 9.17) is 15.2 Å². The highest BCUT2D eigenvalue weighted by atomic mass is 16.5. The molecule has 0 saturated heterocycles. The second-order valence-corrected chi connectivity index (χ2v) is 4.58. The largest absolute Gasteiger partial charge is 0.374 e. The molecule has 1 aromatic carbocycles. The molecular formula is C15H25NO2. The summed E-state index contributed by atoms with van der Waals surface area (Å²) in [4.78, 5) is 0. The zero-order valence-electron chi connectivity index (χ0n) is 11.7. The highest BCUT2D eigenvalue weighted by molar-refractivity contribution is 5.25. The van der Waals surface area contributed by atoms with E-state index < -0.39 is 0 Å². The molecule has 2 unspecified atom stereocenters. The SMILES string of the molecule is CCCCC(OCN)C(OC)c1cccc(C)c1. The number of hydrogen-bond donors (Lipinski definition) is 1. The van der Waals surface area contributed by atoms with E-state index in [0.717, 1.165) is 24.8 Å². The van der Waals surface area contributed by atoms with Crippen LogP contribution in [0.1, 0.15) is 43.4 Å². The number of methoxy groups -OCH3 is 1. The van der Waals surface area contributed by atoms with Crippen molar-refractivity contribution < 1.29 is 9.47 Å². The van der Waals surface area contributed by atoms with E-state index in [1.54, 1.807) is 7.11 Å². The van der Waals surface area contributed by atoms with E-state index in [9.17, 15) is 0 Å². The summed E-state index contributed by atoms with van der Waals surface area (Å²) in [5, 5.41) is 0. The molecule has 0 fully saturated rings. The predicted octanol–water partition coefficient (Wildman–Crippen LogP) is 3.17. The minimum Gasteiger partial charge on any atom is -0.374 e. The van der Waals surface area contributed by atoms with Gasteiger partial charge < -0.3 is 15.2 Å². The summed E-state index contributed by atoms with van der Waals surface area (Å²) in [5.74, 6) is 0. The van der Waals surface area contributed by atoms with Crippen LogP contribution in [0.4, 0.5) is 0 Å². The number of rotatable bonds is 8. The predicted molar refractivity (Wildman–Crippen MR) is 74.4 cm³/mol. The Morgan fingerprint density at radius 2 is 2.11 bits per heavy atom. The van der Waals surface area contributed by atoms with Crippen molar-refractivity contribution in [2.45, 2.75) is 45.3 Å². The number of ether oxygens (including phenoxy) is 2. The second kappa shape index (κ2) is 8.25. The van der Waals surface area contributed by atoms with Crippen LogP contribution in [0.5, 0.6) is 0 Å². The number of aryl methyl sites for hydroxylation is 1. The van der Waals surface area contributed by atoms with Gasteiger partial charge in [0.1, 0.15) is 6.10 Å². The molecule has 1 rings (SSSR count). The summed E-state index contributed by atoms with van der Waals surface area (Å²) < 4.78 is 11.3. The van der Waals surface area contributed by atoms with Crippen LogP contribution in [0.15, 0.2) is 24.3 Å². The van der Waals surface area contributed by atoms with E-state index >= 15 is 0 Å². The Kier molecular flexibility index (Phi) is 6.94. The maximum Gasteiger partial charge on any atom is 0.108 e. The fourth-order valence-corrected chi connectivity index (χ4v) is 2.20. The van der Waals surface area contributed by atoms with Gasteiger partial charge in [-0.25, -0.2) is 0 Å². The van der Waals surface area contributed by atoms with E-state index in [2.05, 4.69) is 38.1 Å². The van der Waals surface area contributed by atoms with Crippen molar-refractivity contribution in [3.63, 3.8) is 0 Å². The van der Waals surface area contributed by atoms with Gasteiger partial charge in [-0.3, -0.25) is 0 Å². The highest BCUT2D eigenvalue weighted by Crippen LogP contribution is 2.26. The Hall–Kier alpha value is -0.900. The van der Waals surface area contributed by atoms with Gasteiger partial charge in [0.15, 0.2) is 0 Å². The Morgan fingerprint density at radius 3 is 2.67 bits per heavy atom. The summed E-state index contributed by atoms with van der Waals surface area (Å²) in [7, 11) is 1.73. The molecule has 0 radical (unpaired) electrons. The molecule has 3 heteroatoms. The Labute approximate surface area is 110 Å². The van der Waals surface area contributed by atoms with Gasteiger partial charge in [-0.15, -0.1) is 0 Å². The third-order valence-electron chi connectivity index (χ3n) is 3.11.